The van der Waals surface area contributed by atoms with E-state index in [9.17, 15) is 0 Å². The van der Waals surface area contributed by atoms with Gasteiger partial charge in [-0.2, -0.15) is 0 Å². The van der Waals surface area contributed by atoms with Gasteiger partial charge in [-0.1, -0.05) is 18.5 Å². The van der Waals surface area contributed by atoms with E-state index in [0.717, 1.165) is 37.4 Å². The first-order valence-electron chi connectivity index (χ1n) is 7.19. The van der Waals surface area contributed by atoms with Gasteiger partial charge in [-0.15, -0.1) is 0 Å². The van der Waals surface area contributed by atoms with Crippen LogP contribution in [0.5, 0.6) is 5.75 Å². The Morgan fingerprint density at radius 1 is 1.37 bits per heavy atom. The molecule has 1 atom stereocenters. The topological polar surface area (TPSA) is 33.3 Å². The highest BCUT2D eigenvalue weighted by molar-refractivity contribution is 6.32. The Labute approximate surface area is 120 Å². The summed E-state index contributed by atoms with van der Waals surface area (Å²) in [7, 11) is 0. The fourth-order valence-corrected chi connectivity index (χ4v) is 2.55. The van der Waals surface area contributed by atoms with Crippen LogP contribution in [0.25, 0.3) is 0 Å². The predicted molar refractivity (Wildman–Crippen MR) is 81.4 cm³/mol. The molecule has 1 unspecified atom stereocenters. The molecule has 0 aromatic heterocycles. The molecule has 1 aromatic carbocycles. The zero-order chi connectivity index (χ0) is 13.5. The largest absolute Gasteiger partial charge is 0.492 e. The Morgan fingerprint density at radius 3 is 3.05 bits per heavy atom. The van der Waals surface area contributed by atoms with Crippen LogP contribution in [0.2, 0.25) is 5.02 Å². The molecule has 0 aliphatic carbocycles. The Hall–Kier alpha value is -0.930. The molecule has 1 fully saturated rings. The molecule has 1 aliphatic heterocycles. The molecule has 1 saturated heterocycles. The van der Waals surface area contributed by atoms with Gasteiger partial charge in [0.2, 0.25) is 0 Å². The fourth-order valence-electron chi connectivity index (χ4n) is 2.32. The highest BCUT2D eigenvalue weighted by atomic mass is 35.5. The summed E-state index contributed by atoms with van der Waals surface area (Å²) in [5.74, 6) is 0.775. The summed E-state index contributed by atoms with van der Waals surface area (Å²) >= 11 is 6.24. The second-order valence-electron chi connectivity index (χ2n) is 5.02. The van der Waals surface area contributed by atoms with Crippen molar-refractivity contribution in [3.63, 3.8) is 0 Å². The van der Waals surface area contributed by atoms with Crippen LogP contribution >= 0.6 is 11.6 Å². The Morgan fingerprint density at radius 2 is 2.26 bits per heavy atom. The molecule has 0 radical (unpaired) electrons. The van der Waals surface area contributed by atoms with Crippen molar-refractivity contribution >= 4 is 17.3 Å². The van der Waals surface area contributed by atoms with Crippen LogP contribution in [0.3, 0.4) is 0 Å². The fraction of sp³-hybridized carbons (Fsp3) is 0.600. The third-order valence-corrected chi connectivity index (χ3v) is 3.64. The van der Waals surface area contributed by atoms with Crippen molar-refractivity contribution in [1.29, 1.82) is 0 Å². The SMILES string of the molecule is CCCOc1ccc(NC2CCCNCC2)cc1Cl. The average molecular weight is 283 g/mol. The van der Waals surface area contributed by atoms with E-state index in [1.165, 1.54) is 12.8 Å². The summed E-state index contributed by atoms with van der Waals surface area (Å²) in [4.78, 5) is 0. The van der Waals surface area contributed by atoms with E-state index in [-0.39, 0.29) is 0 Å². The number of anilines is 1. The Bertz CT molecular complexity index is 390. The minimum atomic E-state index is 0.536. The molecule has 2 rings (SSSR count). The van der Waals surface area contributed by atoms with Crippen molar-refractivity contribution in [3.8, 4) is 5.75 Å². The van der Waals surface area contributed by atoms with Crippen LogP contribution in [0.1, 0.15) is 32.6 Å². The van der Waals surface area contributed by atoms with E-state index < -0.39 is 0 Å². The lowest BCUT2D eigenvalue weighted by molar-refractivity contribution is 0.317. The third kappa shape index (κ3) is 4.59. The van der Waals surface area contributed by atoms with Gasteiger partial charge >= 0.3 is 0 Å². The molecule has 106 valence electrons. The summed E-state index contributed by atoms with van der Waals surface area (Å²) in [6.45, 7) is 5.01. The van der Waals surface area contributed by atoms with Crippen LogP contribution in [-0.2, 0) is 0 Å². The number of rotatable bonds is 5. The Balaban J connectivity index is 1.94. The van der Waals surface area contributed by atoms with Crippen LogP contribution in [0.4, 0.5) is 5.69 Å². The first-order chi connectivity index (χ1) is 9.29. The van der Waals surface area contributed by atoms with Crippen molar-refractivity contribution in [3.05, 3.63) is 23.2 Å². The van der Waals surface area contributed by atoms with Crippen LogP contribution in [0, 0.1) is 0 Å². The molecule has 2 N–H and O–H groups in total. The predicted octanol–water partition coefficient (Wildman–Crippen LogP) is 3.68. The summed E-state index contributed by atoms with van der Waals surface area (Å²) in [5, 5.41) is 7.67. The van der Waals surface area contributed by atoms with Gasteiger partial charge in [0.25, 0.3) is 0 Å². The van der Waals surface area contributed by atoms with E-state index in [1.807, 2.05) is 12.1 Å². The standard InChI is InChI=1S/C15H23ClN2O/c1-2-10-19-15-6-5-13(11-14(15)16)18-12-4-3-8-17-9-7-12/h5-6,11-12,17-18H,2-4,7-10H2,1H3. The molecule has 0 bridgehead atoms. The first kappa shape index (κ1) is 14.5. The number of hydrogen-bond donors (Lipinski definition) is 2. The van der Waals surface area contributed by atoms with Gasteiger partial charge in [0, 0.05) is 11.7 Å². The third-order valence-electron chi connectivity index (χ3n) is 3.34. The van der Waals surface area contributed by atoms with Crippen LogP contribution in [0.15, 0.2) is 18.2 Å². The van der Waals surface area contributed by atoms with Crippen molar-refractivity contribution in [1.82, 2.24) is 5.32 Å². The number of ether oxygens (including phenoxy) is 1. The highest BCUT2D eigenvalue weighted by Crippen LogP contribution is 2.28. The monoisotopic (exact) mass is 282 g/mol. The number of benzene rings is 1. The average Bonchev–Trinajstić information content (AvgIpc) is 2.66. The lowest BCUT2D eigenvalue weighted by atomic mass is 10.1. The number of hydrogen-bond acceptors (Lipinski definition) is 3. The van der Waals surface area contributed by atoms with Gasteiger partial charge in [0.05, 0.1) is 11.6 Å². The summed E-state index contributed by atoms with van der Waals surface area (Å²) in [6, 6.07) is 6.50. The van der Waals surface area contributed by atoms with E-state index in [0.29, 0.717) is 17.7 Å². The van der Waals surface area contributed by atoms with E-state index in [4.69, 9.17) is 16.3 Å². The normalized spacial score (nSPS) is 19.8. The first-order valence-corrected chi connectivity index (χ1v) is 7.57. The minimum absolute atomic E-state index is 0.536. The van der Waals surface area contributed by atoms with E-state index in [1.54, 1.807) is 0 Å². The maximum absolute atomic E-state index is 6.24. The molecule has 0 amide bonds. The quantitative estimate of drug-likeness (QED) is 0.864. The van der Waals surface area contributed by atoms with Gasteiger partial charge < -0.3 is 15.4 Å². The van der Waals surface area contributed by atoms with Crippen LogP contribution in [-0.4, -0.2) is 25.7 Å². The maximum atomic E-state index is 6.24. The number of halogens is 1. The van der Waals surface area contributed by atoms with Gasteiger partial charge in [-0.05, 0) is 57.0 Å². The molecule has 1 heterocycles. The zero-order valence-electron chi connectivity index (χ0n) is 11.5. The molecule has 19 heavy (non-hydrogen) atoms. The highest BCUT2D eigenvalue weighted by Gasteiger charge is 2.12. The molecular weight excluding hydrogens is 260 g/mol. The molecule has 1 aromatic rings. The number of nitrogens with one attached hydrogen (secondary N) is 2. The second-order valence-corrected chi connectivity index (χ2v) is 5.42. The zero-order valence-corrected chi connectivity index (χ0v) is 12.3. The second kappa shape index (κ2) is 7.61. The van der Waals surface area contributed by atoms with E-state index in [2.05, 4.69) is 23.6 Å². The minimum Gasteiger partial charge on any atom is -0.492 e. The molecule has 0 spiro atoms. The van der Waals surface area contributed by atoms with Gasteiger partial charge in [-0.3, -0.25) is 0 Å². The van der Waals surface area contributed by atoms with E-state index >= 15 is 0 Å². The van der Waals surface area contributed by atoms with Gasteiger partial charge in [-0.25, -0.2) is 0 Å². The summed E-state index contributed by atoms with van der Waals surface area (Å²) in [6.07, 6.45) is 4.58. The van der Waals surface area contributed by atoms with Gasteiger partial charge in [0.1, 0.15) is 5.75 Å². The van der Waals surface area contributed by atoms with Crippen molar-refractivity contribution in [2.24, 2.45) is 0 Å². The van der Waals surface area contributed by atoms with Crippen molar-refractivity contribution < 1.29 is 4.74 Å². The molecular formula is C15H23ClN2O. The summed E-state index contributed by atoms with van der Waals surface area (Å²) in [5.41, 5.74) is 1.08. The lowest BCUT2D eigenvalue weighted by Crippen LogP contribution is -2.21. The Kier molecular flexibility index (Phi) is 5.80. The van der Waals surface area contributed by atoms with Crippen molar-refractivity contribution in [2.75, 3.05) is 25.0 Å². The van der Waals surface area contributed by atoms with Gasteiger partial charge in [0.15, 0.2) is 0 Å². The summed E-state index contributed by atoms with van der Waals surface area (Å²) < 4.78 is 5.58. The smallest absolute Gasteiger partial charge is 0.138 e. The van der Waals surface area contributed by atoms with Crippen LogP contribution < -0.4 is 15.4 Å². The molecule has 0 saturated carbocycles. The van der Waals surface area contributed by atoms with Crippen molar-refractivity contribution in [2.45, 2.75) is 38.6 Å². The molecule has 4 heteroatoms. The molecule has 3 nitrogen and oxygen atoms in total. The maximum Gasteiger partial charge on any atom is 0.138 e. The molecule has 1 aliphatic rings. The lowest BCUT2D eigenvalue weighted by Gasteiger charge is -2.18.